The first-order chi connectivity index (χ1) is 18.9. The van der Waals surface area contributed by atoms with Crippen molar-refractivity contribution in [1.29, 1.82) is 5.26 Å². The van der Waals surface area contributed by atoms with Crippen molar-refractivity contribution in [3.05, 3.63) is 122 Å². The van der Waals surface area contributed by atoms with Crippen molar-refractivity contribution in [3.63, 3.8) is 0 Å². The van der Waals surface area contributed by atoms with Crippen LogP contribution in [0.2, 0.25) is 5.02 Å². The zero-order valence-electron chi connectivity index (χ0n) is 20.9. The summed E-state index contributed by atoms with van der Waals surface area (Å²) in [6.07, 6.45) is 0. The SMILES string of the molecule is Cc1ccc2oc(=O)c3c(c2c1)OC(N)=C(C#N)C3c1c(C)nn(-c2ccccc2)c1Oc1ccc(Cl)cc1. The number of hydrogen-bond donors (Lipinski definition) is 1. The van der Waals surface area contributed by atoms with Crippen LogP contribution in [0.1, 0.15) is 28.3 Å². The van der Waals surface area contributed by atoms with Crippen molar-refractivity contribution >= 4 is 22.6 Å². The van der Waals surface area contributed by atoms with E-state index in [-0.39, 0.29) is 22.8 Å². The Balaban J connectivity index is 1.67. The molecule has 1 unspecified atom stereocenters. The van der Waals surface area contributed by atoms with Crippen molar-refractivity contribution in [2.24, 2.45) is 5.73 Å². The van der Waals surface area contributed by atoms with Gasteiger partial charge in [0.05, 0.1) is 33.8 Å². The number of para-hydroxylation sites is 1. The minimum absolute atomic E-state index is 0.0541. The molecule has 39 heavy (non-hydrogen) atoms. The summed E-state index contributed by atoms with van der Waals surface area (Å²) in [4.78, 5) is 13.5. The van der Waals surface area contributed by atoms with Crippen molar-refractivity contribution in [3.8, 4) is 29.1 Å². The Labute approximate surface area is 228 Å². The fourth-order valence-corrected chi connectivity index (χ4v) is 4.95. The predicted octanol–water partition coefficient (Wildman–Crippen LogP) is 6.26. The van der Waals surface area contributed by atoms with Gasteiger partial charge in [-0.05, 0) is 62.4 Å². The highest BCUT2D eigenvalue weighted by atomic mass is 35.5. The summed E-state index contributed by atoms with van der Waals surface area (Å²) in [5.41, 5.74) is 8.91. The Morgan fingerprint density at radius 3 is 2.51 bits per heavy atom. The quantitative estimate of drug-likeness (QED) is 0.269. The molecule has 0 spiro atoms. The van der Waals surface area contributed by atoms with Gasteiger partial charge in [0.1, 0.15) is 23.0 Å². The Bertz CT molecular complexity index is 1880. The van der Waals surface area contributed by atoms with Crippen LogP contribution in [0.3, 0.4) is 0 Å². The maximum Gasteiger partial charge on any atom is 0.344 e. The van der Waals surface area contributed by atoms with E-state index in [1.54, 1.807) is 41.9 Å². The third kappa shape index (κ3) is 4.10. The van der Waals surface area contributed by atoms with Gasteiger partial charge in [0.25, 0.3) is 0 Å². The lowest BCUT2D eigenvalue weighted by molar-refractivity contribution is 0.385. The molecule has 3 heterocycles. The van der Waals surface area contributed by atoms with E-state index in [2.05, 4.69) is 6.07 Å². The van der Waals surface area contributed by atoms with Crippen molar-refractivity contribution in [1.82, 2.24) is 9.78 Å². The number of allylic oxidation sites excluding steroid dienone is 1. The van der Waals surface area contributed by atoms with Gasteiger partial charge in [0.2, 0.25) is 11.8 Å². The van der Waals surface area contributed by atoms with E-state index in [0.29, 0.717) is 38.9 Å². The number of hydrogen-bond acceptors (Lipinski definition) is 7. The van der Waals surface area contributed by atoms with Crippen LogP contribution in [0.15, 0.2) is 93.5 Å². The minimum Gasteiger partial charge on any atom is -0.439 e. The number of rotatable bonds is 4. The van der Waals surface area contributed by atoms with Gasteiger partial charge in [0.15, 0.2) is 5.75 Å². The Kier molecular flexibility index (Phi) is 5.86. The largest absolute Gasteiger partial charge is 0.439 e. The van der Waals surface area contributed by atoms with Gasteiger partial charge in [0, 0.05) is 5.02 Å². The number of nitriles is 1. The average molecular weight is 537 g/mol. The molecule has 1 atom stereocenters. The van der Waals surface area contributed by atoms with Crippen LogP contribution < -0.4 is 20.8 Å². The van der Waals surface area contributed by atoms with Crippen molar-refractivity contribution in [2.45, 2.75) is 19.8 Å². The van der Waals surface area contributed by atoms with Crippen LogP contribution in [0.5, 0.6) is 17.4 Å². The number of nitrogens with two attached hydrogens (primary N) is 1. The first-order valence-corrected chi connectivity index (χ1v) is 12.5. The van der Waals surface area contributed by atoms with E-state index in [0.717, 1.165) is 11.3 Å². The molecule has 2 N–H and O–H groups in total. The van der Waals surface area contributed by atoms with Gasteiger partial charge in [-0.2, -0.15) is 10.4 Å². The molecule has 0 radical (unpaired) electrons. The summed E-state index contributed by atoms with van der Waals surface area (Å²) in [5.74, 6) is -0.0204. The second kappa shape index (κ2) is 9.39. The molecule has 5 aromatic rings. The van der Waals surface area contributed by atoms with E-state index in [4.69, 9.17) is 36.3 Å². The highest BCUT2D eigenvalue weighted by Crippen LogP contribution is 2.48. The Morgan fingerprint density at radius 2 is 1.79 bits per heavy atom. The first kappa shape index (κ1) is 24.3. The summed E-state index contributed by atoms with van der Waals surface area (Å²) in [5, 5.41) is 16.1. The van der Waals surface area contributed by atoms with E-state index < -0.39 is 11.5 Å². The highest BCUT2D eigenvalue weighted by Gasteiger charge is 2.40. The number of aryl methyl sites for hydroxylation is 2. The first-order valence-electron chi connectivity index (χ1n) is 12.1. The van der Waals surface area contributed by atoms with Gasteiger partial charge in [-0.15, -0.1) is 0 Å². The number of halogens is 1. The molecule has 0 aliphatic carbocycles. The Morgan fingerprint density at radius 1 is 1.05 bits per heavy atom. The fraction of sp³-hybridized carbons (Fsp3) is 0.100. The topological polar surface area (TPSA) is 116 Å². The molecule has 0 saturated heterocycles. The van der Waals surface area contributed by atoms with Gasteiger partial charge in [-0.25, -0.2) is 9.48 Å². The lowest BCUT2D eigenvalue weighted by Crippen LogP contribution is -2.26. The molecule has 0 fully saturated rings. The molecule has 1 aliphatic heterocycles. The molecular weight excluding hydrogens is 516 g/mol. The van der Waals surface area contributed by atoms with Crippen LogP contribution in [0.4, 0.5) is 0 Å². The normalized spacial score (nSPS) is 14.6. The van der Waals surface area contributed by atoms with E-state index in [1.807, 2.05) is 49.4 Å². The van der Waals surface area contributed by atoms with E-state index >= 15 is 0 Å². The van der Waals surface area contributed by atoms with E-state index in [1.165, 1.54) is 0 Å². The summed E-state index contributed by atoms with van der Waals surface area (Å²) in [6, 6.07) is 23.8. The van der Waals surface area contributed by atoms with Crippen LogP contribution in [0, 0.1) is 25.2 Å². The fourth-order valence-electron chi connectivity index (χ4n) is 4.83. The molecule has 0 saturated carbocycles. The molecule has 192 valence electrons. The predicted molar refractivity (Wildman–Crippen MR) is 146 cm³/mol. The van der Waals surface area contributed by atoms with Gasteiger partial charge in [-0.1, -0.05) is 41.4 Å². The third-order valence-corrected chi connectivity index (χ3v) is 6.85. The van der Waals surface area contributed by atoms with Gasteiger partial charge in [-0.3, -0.25) is 0 Å². The van der Waals surface area contributed by atoms with E-state index in [9.17, 15) is 10.1 Å². The van der Waals surface area contributed by atoms with Crippen LogP contribution >= 0.6 is 11.6 Å². The summed E-state index contributed by atoms with van der Waals surface area (Å²) >= 11 is 6.10. The number of ether oxygens (including phenoxy) is 2. The maximum atomic E-state index is 13.5. The summed E-state index contributed by atoms with van der Waals surface area (Å²) < 4.78 is 19.7. The molecule has 1 aliphatic rings. The summed E-state index contributed by atoms with van der Waals surface area (Å²) in [6.45, 7) is 3.71. The minimum atomic E-state index is -0.959. The molecular formula is C30H21ClN4O4. The second-order valence-electron chi connectivity index (χ2n) is 9.16. The molecule has 9 heteroatoms. The van der Waals surface area contributed by atoms with Crippen LogP contribution in [-0.2, 0) is 0 Å². The zero-order valence-corrected chi connectivity index (χ0v) is 21.7. The smallest absolute Gasteiger partial charge is 0.344 e. The molecule has 0 amide bonds. The lowest BCUT2D eigenvalue weighted by Gasteiger charge is -2.26. The Hall–Kier alpha value is -5.00. The van der Waals surface area contributed by atoms with Crippen LogP contribution in [-0.4, -0.2) is 9.78 Å². The number of benzene rings is 3. The monoisotopic (exact) mass is 536 g/mol. The van der Waals surface area contributed by atoms with Gasteiger partial charge >= 0.3 is 5.63 Å². The van der Waals surface area contributed by atoms with Gasteiger partial charge < -0.3 is 19.6 Å². The number of fused-ring (bicyclic) bond motifs is 3. The molecule has 0 bridgehead atoms. The number of aromatic nitrogens is 2. The second-order valence-corrected chi connectivity index (χ2v) is 9.60. The maximum absolute atomic E-state index is 13.5. The molecule has 2 aromatic heterocycles. The lowest BCUT2D eigenvalue weighted by atomic mass is 9.83. The summed E-state index contributed by atoms with van der Waals surface area (Å²) in [7, 11) is 0. The van der Waals surface area contributed by atoms with Crippen LogP contribution in [0.25, 0.3) is 16.7 Å². The molecule has 8 nitrogen and oxygen atoms in total. The zero-order chi connectivity index (χ0) is 27.3. The molecule has 3 aromatic carbocycles. The van der Waals surface area contributed by atoms with Crippen molar-refractivity contribution in [2.75, 3.05) is 0 Å². The third-order valence-electron chi connectivity index (χ3n) is 6.60. The average Bonchev–Trinajstić information content (AvgIpc) is 3.25. The molecule has 6 rings (SSSR count). The standard InChI is InChI=1S/C30H21ClN4O4/c1-16-8-13-23-21(14-16)27-26(30(36)38-23)25(22(15-32)28(33)39-27)24-17(2)34-35(19-6-4-3-5-7-19)29(24)37-20-11-9-18(31)10-12-20/h3-14,25H,33H2,1-2H3. The van der Waals surface area contributed by atoms with Crippen molar-refractivity contribution < 1.29 is 13.9 Å². The highest BCUT2D eigenvalue weighted by molar-refractivity contribution is 6.30. The number of nitrogens with zero attached hydrogens (tertiary/aromatic N) is 3.